The van der Waals surface area contributed by atoms with Crippen LogP contribution in [0.4, 0.5) is 4.79 Å². The molecular weight excluding hydrogens is 682 g/mol. The van der Waals surface area contributed by atoms with Crippen LogP contribution in [0.25, 0.3) is 0 Å². The maximum atomic E-state index is 14.1. The van der Waals surface area contributed by atoms with Crippen LogP contribution in [0.1, 0.15) is 106 Å². The number of carbonyl (C=O) groups excluding carboxylic acids is 3. The van der Waals surface area contributed by atoms with Crippen molar-refractivity contribution < 1.29 is 53.8 Å². The molecule has 0 radical (unpaired) electrons. The summed E-state index contributed by atoms with van der Waals surface area (Å²) in [6, 6.07) is 7.49. The molecule has 1 aromatic carbocycles. The Labute approximate surface area is 313 Å². The van der Waals surface area contributed by atoms with Crippen molar-refractivity contribution in [2.45, 2.75) is 149 Å². The maximum absolute atomic E-state index is 14.1. The van der Waals surface area contributed by atoms with Crippen molar-refractivity contribution in [3.05, 3.63) is 47.0 Å². The Balaban J connectivity index is 1.61. The van der Waals surface area contributed by atoms with Crippen LogP contribution < -0.4 is 5.32 Å². The zero-order valence-electron chi connectivity index (χ0n) is 33.1. The number of carbonyl (C=O) groups is 3. The fourth-order valence-electron chi connectivity index (χ4n) is 10.2. The molecule has 3 aliphatic carbocycles. The lowest BCUT2D eigenvalue weighted by Crippen LogP contribution is -2.73. The average Bonchev–Trinajstić information content (AvgIpc) is 3.32. The molecule has 12 heteroatoms. The van der Waals surface area contributed by atoms with Gasteiger partial charge in [0.1, 0.15) is 17.8 Å². The number of fused-ring (bicyclic) bond motifs is 4. The fourth-order valence-corrected chi connectivity index (χ4v) is 10.2. The van der Waals surface area contributed by atoms with Crippen molar-refractivity contribution in [2.75, 3.05) is 6.61 Å². The van der Waals surface area contributed by atoms with Crippen molar-refractivity contribution in [2.24, 2.45) is 34.0 Å². The first-order valence-corrected chi connectivity index (χ1v) is 19.0. The monoisotopic (exact) mass is 743 g/mol. The number of nitrogens with one attached hydrogen (secondary N) is 1. The van der Waals surface area contributed by atoms with Gasteiger partial charge >= 0.3 is 18.0 Å². The van der Waals surface area contributed by atoms with Gasteiger partial charge in [-0.2, -0.15) is 0 Å². The van der Waals surface area contributed by atoms with Gasteiger partial charge in [-0.1, -0.05) is 52.8 Å². The second-order valence-electron chi connectivity index (χ2n) is 18.4. The molecule has 2 saturated carbocycles. The number of aliphatic hydroxyl groups excluding tert-OH is 3. The van der Waals surface area contributed by atoms with Gasteiger partial charge in [0, 0.05) is 35.5 Å². The van der Waals surface area contributed by atoms with Crippen molar-refractivity contribution >= 4 is 18.0 Å². The van der Waals surface area contributed by atoms with E-state index in [1.807, 2.05) is 34.6 Å². The highest BCUT2D eigenvalue weighted by Crippen LogP contribution is 2.70. The van der Waals surface area contributed by atoms with Gasteiger partial charge in [-0.25, -0.2) is 14.4 Å². The molecule has 1 aliphatic heterocycles. The summed E-state index contributed by atoms with van der Waals surface area (Å²) in [5.74, 6) is -3.04. The summed E-state index contributed by atoms with van der Waals surface area (Å²) in [6.07, 6.45) is -6.77. The molecule has 1 saturated heterocycles. The van der Waals surface area contributed by atoms with E-state index in [-0.39, 0.29) is 37.9 Å². The lowest BCUT2D eigenvalue weighted by atomic mass is 9.46. The third-order valence-electron chi connectivity index (χ3n) is 12.8. The summed E-state index contributed by atoms with van der Waals surface area (Å²) in [6.45, 7) is 19.9. The molecule has 0 aromatic heterocycles. The first kappa shape index (κ1) is 41.1. The summed E-state index contributed by atoms with van der Waals surface area (Å²) >= 11 is 0. The second kappa shape index (κ2) is 14.2. The third kappa shape index (κ3) is 7.03. The van der Waals surface area contributed by atoms with Gasteiger partial charge in [-0.05, 0) is 77.2 Å². The first-order valence-electron chi connectivity index (χ1n) is 19.0. The van der Waals surface area contributed by atoms with Crippen LogP contribution in [-0.4, -0.2) is 98.9 Å². The van der Waals surface area contributed by atoms with Gasteiger partial charge < -0.3 is 44.7 Å². The minimum Gasteiger partial charge on any atom is -0.457 e. The summed E-state index contributed by atoms with van der Waals surface area (Å²) < 4.78 is 24.2. The van der Waals surface area contributed by atoms with Crippen molar-refractivity contribution in [1.82, 2.24) is 5.32 Å². The van der Waals surface area contributed by atoms with E-state index >= 15 is 0 Å². The predicted molar refractivity (Wildman–Crippen MR) is 195 cm³/mol. The summed E-state index contributed by atoms with van der Waals surface area (Å²) in [5.41, 5.74) is -4.34. The zero-order chi connectivity index (χ0) is 39.6. The molecule has 5 N–H and O–H groups in total. The van der Waals surface area contributed by atoms with E-state index in [4.69, 9.17) is 18.9 Å². The van der Waals surface area contributed by atoms with Gasteiger partial charge in [-0.15, -0.1) is 0 Å². The molecule has 1 aromatic rings. The highest BCUT2D eigenvalue weighted by Gasteiger charge is 2.76. The van der Waals surface area contributed by atoms with E-state index < -0.39 is 93.9 Å². The second-order valence-corrected chi connectivity index (χ2v) is 18.4. The predicted octanol–water partition coefficient (Wildman–Crippen LogP) is 4.70. The number of hydrogen-bond acceptors (Lipinski definition) is 11. The molecule has 12 atom stereocenters. The van der Waals surface area contributed by atoms with Gasteiger partial charge in [-0.3, -0.25) is 0 Å². The Bertz CT molecular complexity index is 1580. The highest BCUT2D eigenvalue weighted by atomic mass is 16.6. The lowest BCUT2D eigenvalue weighted by Gasteiger charge is -2.66. The van der Waals surface area contributed by atoms with E-state index in [0.717, 1.165) is 0 Å². The van der Waals surface area contributed by atoms with Crippen molar-refractivity contribution in [3.8, 4) is 0 Å². The van der Waals surface area contributed by atoms with Gasteiger partial charge in [0.05, 0.1) is 47.5 Å². The number of rotatable bonds is 9. The minimum atomic E-state index is -1.76. The van der Waals surface area contributed by atoms with Gasteiger partial charge in [0.2, 0.25) is 0 Å². The SMILES string of the molecule is CC1=C2[C@H](C)[C@H](O)[C@@]3(C)[C@H]([C@H](OC(=O)c4ccccc4)[C@]2(C(C)(C)O)CC1OC(=O)[C@H](O)[C@H](CC(C)C)NC(=O)OC(C)(C)C)[C@]1(C)CO[C@@H]1C[C@@H]3O. The standard InChI is InChI=1S/C41H61NO11/c1-21(2)17-25(42-36(48)53-37(5,6)7)30(44)35(47)51-26-19-41(38(8,9)49)29(22(26)3)23(4)32(45)40(11)27(43)18-28-39(10,20-50-28)31(40)33(41)52-34(46)24-15-13-12-14-16-24/h12-16,21,23,25-28,30-33,43-45,49H,17-20H2,1-11H3,(H,42,48)/t23-,25-,26?,27-,28+,30+,31+,32-,33-,39+,40+,41-/m0/s1. The molecule has 1 amide bonds. The largest absolute Gasteiger partial charge is 0.457 e. The number of benzene rings is 1. The molecule has 0 spiro atoms. The Hall–Kier alpha value is -3.03. The summed E-state index contributed by atoms with van der Waals surface area (Å²) in [5, 5.41) is 50.9. The number of amides is 1. The summed E-state index contributed by atoms with van der Waals surface area (Å²) in [7, 11) is 0. The van der Waals surface area contributed by atoms with E-state index in [9.17, 15) is 34.8 Å². The Kier molecular flexibility index (Phi) is 11.1. The third-order valence-corrected chi connectivity index (χ3v) is 12.8. The minimum absolute atomic E-state index is 0.0129. The molecule has 53 heavy (non-hydrogen) atoms. The number of alkyl carbamates (subject to hydrolysis) is 1. The van der Waals surface area contributed by atoms with E-state index in [1.54, 1.807) is 71.9 Å². The normalized spacial score (nSPS) is 36.6. The van der Waals surface area contributed by atoms with E-state index in [2.05, 4.69) is 5.32 Å². The Morgan fingerprint density at radius 1 is 1.04 bits per heavy atom. The molecule has 3 fully saturated rings. The van der Waals surface area contributed by atoms with Gasteiger partial charge in [0.15, 0.2) is 6.10 Å². The zero-order valence-corrected chi connectivity index (χ0v) is 33.1. The summed E-state index contributed by atoms with van der Waals surface area (Å²) in [4.78, 5) is 40.8. The Morgan fingerprint density at radius 3 is 2.19 bits per heavy atom. The van der Waals surface area contributed by atoms with E-state index in [0.29, 0.717) is 16.7 Å². The number of hydrogen-bond donors (Lipinski definition) is 5. The molecule has 296 valence electrons. The fraction of sp³-hybridized carbons (Fsp3) is 0.732. The molecule has 1 unspecified atom stereocenters. The molecule has 12 nitrogen and oxygen atoms in total. The van der Waals surface area contributed by atoms with Crippen LogP contribution in [0.3, 0.4) is 0 Å². The first-order chi connectivity index (χ1) is 24.4. The lowest BCUT2D eigenvalue weighted by molar-refractivity contribution is -0.317. The topological polar surface area (TPSA) is 181 Å². The van der Waals surface area contributed by atoms with Crippen molar-refractivity contribution in [1.29, 1.82) is 0 Å². The van der Waals surface area contributed by atoms with Crippen molar-refractivity contribution in [3.63, 3.8) is 0 Å². The Morgan fingerprint density at radius 2 is 1.66 bits per heavy atom. The number of esters is 2. The van der Waals surface area contributed by atoms with Crippen LogP contribution in [0.15, 0.2) is 41.5 Å². The molecular formula is C41H61NO11. The number of aliphatic hydroxyl groups is 4. The highest BCUT2D eigenvalue weighted by molar-refractivity contribution is 5.89. The molecule has 5 rings (SSSR count). The quantitative estimate of drug-likeness (QED) is 0.134. The smallest absolute Gasteiger partial charge is 0.407 e. The van der Waals surface area contributed by atoms with Crippen LogP contribution >= 0.6 is 0 Å². The van der Waals surface area contributed by atoms with Crippen LogP contribution in [-0.2, 0) is 23.7 Å². The average molecular weight is 744 g/mol. The van der Waals surface area contributed by atoms with Crippen LogP contribution in [0.5, 0.6) is 0 Å². The molecule has 4 aliphatic rings. The van der Waals surface area contributed by atoms with Gasteiger partial charge in [0.25, 0.3) is 0 Å². The molecule has 1 heterocycles. The van der Waals surface area contributed by atoms with E-state index in [1.165, 1.54) is 0 Å². The molecule has 0 bridgehead atoms. The van der Waals surface area contributed by atoms with Crippen LogP contribution in [0, 0.1) is 34.0 Å². The number of ether oxygens (including phenoxy) is 4. The van der Waals surface area contributed by atoms with Crippen LogP contribution in [0.2, 0.25) is 0 Å². The maximum Gasteiger partial charge on any atom is 0.407 e.